The summed E-state index contributed by atoms with van der Waals surface area (Å²) in [4.78, 5) is 248. The smallest absolute Gasteiger partial charge is 0.330 e. The van der Waals surface area contributed by atoms with Crippen molar-refractivity contribution in [2.75, 3.05) is 75.4 Å². The number of rotatable bonds is 40. The molecule has 0 radical (unpaired) electrons. The van der Waals surface area contributed by atoms with Gasteiger partial charge in [-0.25, -0.2) is 44.5 Å². The lowest BCUT2D eigenvalue weighted by Crippen LogP contribution is -2.33. The van der Waals surface area contributed by atoms with Gasteiger partial charge in [0, 0.05) is 75.6 Å². The maximum absolute atomic E-state index is 13.7. The van der Waals surface area contributed by atoms with Crippen molar-refractivity contribution in [3.63, 3.8) is 0 Å². The average molecular weight is 2370 g/mol. The van der Waals surface area contributed by atoms with Crippen LogP contribution < -0.4 is 73.4 Å². The molecule has 7 aliphatic rings. The second-order valence-electron chi connectivity index (χ2n) is 34.6. The van der Waals surface area contributed by atoms with Gasteiger partial charge in [0.1, 0.15) is 92.1 Å². The molecular formula is C71H90N29O36P7S7. The lowest BCUT2D eigenvalue weighted by atomic mass is 10.2. The minimum absolute atomic E-state index is 0.0298. The number of aryl methyl sites for hydroxylation is 2. The molecule has 0 bridgehead atoms. The number of ether oxygens (including phenoxy) is 7. The van der Waals surface area contributed by atoms with Gasteiger partial charge in [0.05, 0.1) is 120 Å². The molecule has 0 amide bonds. The van der Waals surface area contributed by atoms with E-state index in [1.807, 2.05) is 0 Å². The van der Waals surface area contributed by atoms with Crippen molar-refractivity contribution < 1.29 is 131 Å². The van der Waals surface area contributed by atoms with Gasteiger partial charge in [-0.15, -0.1) is 0 Å². The Kier molecular flexibility index (Phi) is 31.8. The summed E-state index contributed by atoms with van der Waals surface area (Å²) in [6, 6.07) is 0. The van der Waals surface area contributed by atoms with Gasteiger partial charge in [-0.05, 0) is 103 Å². The van der Waals surface area contributed by atoms with Crippen LogP contribution in [0.15, 0.2) is 88.7 Å². The number of H-pyrrole nitrogens is 6. The van der Waals surface area contributed by atoms with Gasteiger partial charge in [0.15, 0.2) is 56.1 Å². The first kappa shape index (κ1) is 110. The van der Waals surface area contributed by atoms with Crippen LogP contribution in [0, 0.1) is 13.8 Å². The van der Waals surface area contributed by atoms with Crippen LogP contribution in [0.5, 0.6) is 0 Å². The van der Waals surface area contributed by atoms with Crippen molar-refractivity contribution in [1.82, 2.24) is 117 Å². The van der Waals surface area contributed by atoms with Crippen molar-refractivity contribution in [2.45, 2.75) is 195 Å². The van der Waals surface area contributed by atoms with Gasteiger partial charge >= 0.3 is 58.4 Å². The molecule has 19 rings (SSSR count). The van der Waals surface area contributed by atoms with Gasteiger partial charge in [-0.1, -0.05) is 0 Å². The average Bonchev–Trinajstić information content (AvgIpc) is 1.63. The van der Waals surface area contributed by atoms with Crippen molar-refractivity contribution in [3.05, 3.63) is 145 Å². The Balaban J connectivity index is 0.549. The fourth-order valence-corrected chi connectivity index (χ4v) is 27.5. The first-order valence-corrected chi connectivity index (χ1v) is 62.5. The third kappa shape index (κ3) is 24.3. The Morgan fingerprint density at radius 3 is 0.827 bits per heavy atom. The zero-order valence-electron chi connectivity index (χ0n) is 77.3. The fraction of sp³-hybridized carbons (Fsp3) is 0.535. The molecule has 812 valence electrons. The number of hydrogen-bond acceptors (Lipinski definition) is 52. The third-order valence-electron chi connectivity index (χ3n) is 24.6. The van der Waals surface area contributed by atoms with Crippen molar-refractivity contribution in [2.24, 2.45) is 0 Å². The molecule has 28 atom stereocenters. The molecule has 0 saturated carbocycles. The van der Waals surface area contributed by atoms with Gasteiger partial charge in [0.2, 0.25) is 23.8 Å². The molecule has 23 N–H and O–H groups in total. The van der Waals surface area contributed by atoms with E-state index >= 15 is 0 Å². The number of anilines is 5. The molecule has 65 nitrogen and oxygen atoms in total. The van der Waals surface area contributed by atoms with Gasteiger partial charge in [-0.3, -0.25) is 90.6 Å². The quantitative estimate of drug-likeness (QED) is 0.0204. The number of nitrogens with one attached hydrogen (secondary N) is 6. The van der Waals surface area contributed by atoms with E-state index in [1.54, 1.807) is 6.92 Å². The molecule has 7 unspecified atom stereocenters. The SMILES string of the molecule is COP(O)(=S)O[C@@H]1C[C@H](n2cnc3c(N)ncnc32)O[C@@H]1COP(O)(=S)O[C@@H]1C[C@H](n2cnc3c(=O)[nH]c(N)nc32)O[C@@H]1COP(O)(=S)O[C@@H]1C[C@H](n2cc(C)c(=O)[nH]c2=O)O[C@@H]1COP(O)(=S)O[C@@H]1C[C@H](n2cnc3c(=O)[nH]c(N)nc32)O[C@@H]1COP(O)(=S)O[C@@H]1C[C@H](n2cnc3c(=O)[nH]c(N)nc32)O[C@@H]1COP(O)(=S)O[C@@H]1C[C@H](n2cnc3c(=O)[nH]c(N)nc32)O[C@@H]1COP(O)(=S)O[C@@H]1C[C@H](n2cc(C)c(=O)[nH]c2=O)O[C@@H]1C. The van der Waals surface area contributed by atoms with Crippen molar-refractivity contribution in [1.29, 1.82) is 0 Å². The summed E-state index contributed by atoms with van der Waals surface area (Å²) in [5, 5.41) is 0. The molecule has 7 saturated heterocycles. The Bertz CT molecular complexity index is 8140. The summed E-state index contributed by atoms with van der Waals surface area (Å²) in [7, 11) is 1.14. The lowest BCUT2D eigenvalue weighted by molar-refractivity contribution is -0.0567. The highest BCUT2D eigenvalue weighted by atomic mass is 32.5. The fourth-order valence-electron chi connectivity index (χ4n) is 17.6. The van der Waals surface area contributed by atoms with E-state index in [0.29, 0.717) is 0 Å². The number of hydrogen-bond donors (Lipinski definition) is 18. The standard InChI is InChI=1S/C71H90N29O36P7S7/c1-26-12-94(70(107)92-60(26)101)42-5-29(28(3)123-42)130-138(110,145)117-16-38-32(8-45(126-38)97-22-80-50-56(97)84-66(73)88-62(50)103)133-142(114,149)121-19-41-35(11-48(129-41)100-25-83-53-59(100)87-69(76)91-65(53)106)136-143(115,150)122-18-40-34(10-47(128-40)99-24-82-52-58(99)86-68(75)90-64(52)105)135-141(113,148)119-15-37-31(6-43(124-37)95-13-27(2)61(102)93-71(95)108)132-139(111,146)120-17-39-33(9-46(127-39)98-23-81-51-57(98)85-67(74)89-63(51)104)134-140(112,147)118-14-36-30(131-137(109,144)116-4)7-44(125-36)96-21-79-49-54(72)77-20-78-55(49)96/h12-13,20-25,28-48H,5-11,14-19H2,1-4H3,(H,109,144)(H,110,145)(H,111,146)(H,112,147)(H,113,148)(H,114,149)(H,115,150)(H2,72,77,78)(H,92,101,107)(H,93,102,108)(H3,73,84,88,103)(H3,74,85,89,104)(H3,75,86,90,105)(H3,76,87,91,106)/t28-,29-,30-,31-,32-,33-,34-,35-,36-,37-,38-,39-,40-,41-,42-,43-,44-,45-,46-,47-,48-,137?,138?,139?,140?,141?,142?,143?/m1/s1. The minimum Gasteiger partial charge on any atom is -0.382 e. The van der Waals surface area contributed by atoms with E-state index in [-0.39, 0.29) is 135 Å². The predicted octanol–water partition coefficient (Wildman–Crippen LogP) is -1.02. The van der Waals surface area contributed by atoms with E-state index < -0.39 is 267 Å². The second-order valence-corrected chi connectivity index (χ2v) is 54.2. The second kappa shape index (κ2) is 43.4. The van der Waals surface area contributed by atoms with E-state index in [0.717, 1.165) is 16.2 Å². The molecule has 150 heavy (non-hydrogen) atoms. The molecule has 0 aliphatic carbocycles. The van der Waals surface area contributed by atoms with Crippen LogP contribution in [-0.2, 0) is 179 Å². The number of fused-ring (bicyclic) bond motifs is 5. The van der Waals surface area contributed by atoms with Crippen molar-refractivity contribution in [3.8, 4) is 0 Å². The van der Waals surface area contributed by atoms with Crippen LogP contribution in [-0.4, -0.2) is 283 Å². The normalized spacial score (nSPS) is 29.1. The van der Waals surface area contributed by atoms with Gasteiger partial charge < -0.3 is 159 Å². The summed E-state index contributed by atoms with van der Waals surface area (Å²) in [5.74, 6) is -1.20. The monoisotopic (exact) mass is 2370 g/mol. The van der Waals surface area contributed by atoms with Crippen LogP contribution in [0.4, 0.5) is 29.6 Å². The highest BCUT2D eigenvalue weighted by Crippen LogP contribution is 2.59. The number of aromatic amines is 6. The molecule has 0 spiro atoms. The molecule has 12 aromatic rings. The largest absolute Gasteiger partial charge is 0.382 e. The summed E-state index contributed by atoms with van der Waals surface area (Å²) < 4.78 is 138. The van der Waals surface area contributed by atoms with Crippen LogP contribution >= 0.6 is 47.0 Å². The molecule has 7 aliphatic heterocycles. The molecule has 12 aromatic heterocycles. The zero-order chi connectivity index (χ0) is 107. The third-order valence-corrected chi connectivity index (χ3v) is 35.8. The summed E-state index contributed by atoms with van der Waals surface area (Å²) in [6.07, 6.45) is -18.8. The number of nitrogen functional groups attached to an aromatic ring is 5. The Hall–Kier alpha value is -8.26. The van der Waals surface area contributed by atoms with Gasteiger partial charge in [0.25, 0.3) is 33.4 Å². The Morgan fingerprint density at radius 2 is 0.553 bits per heavy atom. The topological polar surface area (TPSA) is 873 Å². The molecule has 79 heteroatoms. The first-order chi connectivity index (χ1) is 70.8. The number of imidazole rings is 5. The summed E-state index contributed by atoms with van der Waals surface area (Å²) in [5.41, 5.74) is 23.7. The number of aromatic nitrogens is 24. The highest BCUT2D eigenvalue weighted by molar-refractivity contribution is 8.09. The Morgan fingerprint density at radius 1 is 0.320 bits per heavy atom. The number of nitrogens with zero attached hydrogens (tertiary/aromatic N) is 18. The minimum atomic E-state index is -4.80. The summed E-state index contributed by atoms with van der Waals surface area (Å²) >= 11 is 39.2. The number of nitrogens with two attached hydrogens (primary N) is 5. The zero-order valence-corrected chi connectivity index (χ0v) is 89.3. The highest BCUT2D eigenvalue weighted by Gasteiger charge is 2.52. The molecule has 7 fully saturated rings. The maximum atomic E-state index is 13.7. The maximum Gasteiger partial charge on any atom is 0.330 e. The predicted molar refractivity (Wildman–Crippen MR) is 540 cm³/mol. The first-order valence-electron chi connectivity index (χ1n) is 44.4. The lowest BCUT2D eigenvalue weighted by Gasteiger charge is -2.29. The van der Waals surface area contributed by atoms with Crippen LogP contribution in [0.1, 0.15) is 107 Å². The van der Waals surface area contributed by atoms with E-state index in [9.17, 15) is 72.6 Å². The van der Waals surface area contributed by atoms with Crippen LogP contribution in [0.25, 0.3) is 55.8 Å². The van der Waals surface area contributed by atoms with E-state index in [4.69, 9.17) is 208 Å². The van der Waals surface area contributed by atoms with Crippen LogP contribution in [0.3, 0.4) is 0 Å². The van der Waals surface area contributed by atoms with E-state index in [2.05, 4.69) is 84.7 Å². The van der Waals surface area contributed by atoms with Gasteiger partial charge in [-0.2, -0.15) is 19.9 Å². The van der Waals surface area contributed by atoms with Crippen LogP contribution in [0.2, 0.25) is 0 Å². The Labute approximate surface area is 871 Å². The molecule has 19 heterocycles. The van der Waals surface area contributed by atoms with E-state index in [1.165, 1.54) is 87.0 Å². The summed E-state index contributed by atoms with van der Waals surface area (Å²) in [6.45, 7) is -31.8. The molecule has 0 aromatic carbocycles. The molecular weight excluding hydrogens is 2280 g/mol. The van der Waals surface area contributed by atoms with Crippen molar-refractivity contribution >= 4 is 215 Å².